The van der Waals surface area contributed by atoms with Gasteiger partial charge >= 0.3 is 0 Å². The van der Waals surface area contributed by atoms with Crippen LogP contribution in [0, 0.1) is 0 Å². The Bertz CT molecular complexity index is 597. The van der Waals surface area contributed by atoms with Crippen LogP contribution in [0.2, 0.25) is 0 Å². The summed E-state index contributed by atoms with van der Waals surface area (Å²) in [6.07, 6.45) is 0.998. The Hall–Kier alpha value is -2.17. The number of aromatic nitrogens is 2. The Morgan fingerprint density at radius 2 is 1.84 bits per heavy atom. The Morgan fingerprint density at radius 3 is 2.47 bits per heavy atom. The quantitative estimate of drug-likeness (QED) is 0.916. The van der Waals surface area contributed by atoms with Crippen LogP contribution in [0.4, 0.5) is 5.82 Å². The Morgan fingerprint density at radius 1 is 1.16 bits per heavy atom. The second-order valence-electron chi connectivity index (χ2n) is 4.58. The molecule has 0 unspecified atom stereocenters. The van der Waals surface area contributed by atoms with Crippen LogP contribution in [0.1, 0.15) is 5.56 Å². The van der Waals surface area contributed by atoms with Gasteiger partial charge in [0.05, 0.1) is 19.9 Å². The molecule has 3 rings (SSSR count). The first kappa shape index (κ1) is 11.9. The minimum absolute atomic E-state index is 0.778. The number of anilines is 1. The molecule has 5 nitrogen and oxygen atoms in total. The van der Waals surface area contributed by atoms with E-state index in [1.54, 1.807) is 14.2 Å². The van der Waals surface area contributed by atoms with E-state index >= 15 is 0 Å². The molecule has 1 aromatic carbocycles. The number of fused-ring (bicyclic) bond motifs is 1. The predicted molar refractivity (Wildman–Crippen MR) is 73.9 cm³/mol. The first-order chi connectivity index (χ1) is 9.22. The average Bonchev–Trinajstić information content (AvgIpc) is 3.02. The molecule has 19 heavy (non-hydrogen) atoms. The van der Waals surface area contributed by atoms with Gasteiger partial charge in [-0.05, 0) is 18.6 Å². The Kier molecular flexibility index (Phi) is 2.81. The molecule has 0 aliphatic carbocycles. The molecule has 1 aromatic heterocycles. The van der Waals surface area contributed by atoms with E-state index < -0.39 is 0 Å². The van der Waals surface area contributed by atoms with E-state index in [0.29, 0.717) is 0 Å². The van der Waals surface area contributed by atoms with Gasteiger partial charge in [0.15, 0.2) is 0 Å². The fraction of sp³-hybridized carbons (Fsp3) is 0.357. The molecule has 0 fully saturated rings. The van der Waals surface area contributed by atoms with Crippen LogP contribution < -0.4 is 14.8 Å². The normalized spacial score (nSPS) is 13.0. The molecular formula is C14H17N3O2. The summed E-state index contributed by atoms with van der Waals surface area (Å²) in [5, 5.41) is 7.95. The van der Waals surface area contributed by atoms with Gasteiger partial charge in [0.1, 0.15) is 17.3 Å². The van der Waals surface area contributed by atoms with E-state index in [4.69, 9.17) is 9.47 Å². The largest absolute Gasteiger partial charge is 0.497 e. The van der Waals surface area contributed by atoms with E-state index in [9.17, 15) is 0 Å². The van der Waals surface area contributed by atoms with E-state index in [-0.39, 0.29) is 0 Å². The van der Waals surface area contributed by atoms with Crippen LogP contribution in [-0.4, -0.2) is 30.5 Å². The van der Waals surface area contributed by atoms with Gasteiger partial charge in [-0.3, -0.25) is 4.68 Å². The van der Waals surface area contributed by atoms with Gasteiger partial charge in [0, 0.05) is 30.8 Å². The van der Waals surface area contributed by atoms with Gasteiger partial charge in [0.2, 0.25) is 0 Å². The second kappa shape index (κ2) is 4.50. The van der Waals surface area contributed by atoms with Gasteiger partial charge < -0.3 is 14.8 Å². The first-order valence-corrected chi connectivity index (χ1v) is 6.26. The summed E-state index contributed by atoms with van der Waals surface area (Å²) in [6.45, 7) is 0.967. The van der Waals surface area contributed by atoms with Crippen LogP contribution in [0.15, 0.2) is 18.2 Å². The third kappa shape index (κ3) is 1.91. The molecule has 1 aliphatic rings. The summed E-state index contributed by atoms with van der Waals surface area (Å²) in [4.78, 5) is 0. The van der Waals surface area contributed by atoms with Crippen molar-refractivity contribution in [3.63, 3.8) is 0 Å². The van der Waals surface area contributed by atoms with Gasteiger partial charge in [-0.1, -0.05) is 0 Å². The molecule has 0 radical (unpaired) electrons. The van der Waals surface area contributed by atoms with E-state index in [0.717, 1.165) is 41.5 Å². The molecule has 2 heterocycles. The van der Waals surface area contributed by atoms with Crippen LogP contribution in [0.25, 0.3) is 11.3 Å². The highest BCUT2D eigenvalue weighted by atomic mass is 16.5. The summed E-state index contributed by atoms with van der Waals surface area (Å²) < 4.78 is 12.5. The van der Waals surface area contributed by atoms with Crippen molar-refractivity contribution in [3.05, 3.63) is 23.8 Å². The number of benzene rings is 1. The summed E-state index contributed by atoms with van der Waals surface area (Å²) >= 11 is 0. The minimum atomic E-state index is 0.778. The molecule has 0 amide bonds. The van der Waals surface area contributed by atoms with Crippen molar-refractivity contribution in [1.29, 1.82) is 0 Å². The van der Waals surface area contributed by atoms with Crippen molar-refractivity contribution in [2.45, 2.75) is 6.42 Å². The van der Waals surface area contributed by atoms with Gasteiger partial charge in [-0.2, -0.15) is 5.10 Å². The third-order valence-corrected chi connectivity index (χ3v) is 3.44. The lowest BCUT2D eigenvalue weighted by atomic mass is 10.1. The second-order valence-corrected chi connectivity index (χ2v) is 4.58. The van der Waals surface area contributed by atoms with Crippen LogP contribution in [-0.2, 0) is 13.5 Å². The Balaban J connectivity index is 2.14. The molecule has 100 valence electrons. The molecule has 2 aromatic rings. The number of hydrogen-bond donors (Lipinski definition) is 1. The van der Waals surface area contributed by atoms with Gasteiger partial charge in [-0.25, -0.2) is 0 Å². The first-order valence-electron chi connectivity index (χ1n) is 6.26. The highest BCUT2D eigenvalue weighted by molar-refractivity contribution is 5.73. The third-order valence-electron chi connectivity index (χ3n) is 3.44. The smallest absolute Gasteiger partial charge is 0.127 e. The lowest BCUT2D eigenvalue weighted by Gasteiger charge is -2.07. The maximum atomic E-state index is 5.31. The number of rotatable bonds is 3. The molecule has 0 atom stereocenters. The number of nitrogens with zero attached hydrogens (tertiary/aromatic N) is 2. The highest BCUT2D eigenvalue weighted by Crippen LogP contribution is 2.35. The van der Waals surface area contributed by atoms with Crippen molar-refractivity contribution < 1.29 is 9.47 Å². The summed E-state index contributed by atoms with van der Waals surface area (Å²) in [7, 11) is 5.27. The number of hydrogen-bond acceptors (Lipinski definition) is 4. The molecule has 1 N–H and O–H groups in total. The number of ether oxygens (including phenoxy) is 2. The zero-order valence-corrected chi connectivity index (χ0v) is 11.4. The maximum Gasteiger partial charge on any atom is 0.127 e. The number of nitrogens with one attached hydrogen (secondary N) is 1. The lowest BCUT2D eigenvalue weighted by Crippen LogP contribution is -2.01. The van der Waals surface area contributed by atoms with Crippen LogP contribution in [0.5, 0.6) is 11.5 Å². The fourth-order valence-corrected chi connectivity index (χ4v) is 2.51. The summed E-state index contributed by atoms with van der Waals surface area (Å²) in [5.41, 5.74) is 3.29. The zero-order chi connectivity index (χ0) is 13.4. The SMILES string of the molecule is COc1cc(OC)cc(-c2nn(C)c3c2CCN3)c1. The average molecular weight is 259 g/mol. The molecule has 5 heteroatoms. The molecule has 0 bridgehead atoms. The molecule has 0 saturated heterocycles. The molecule has 1 aliphatic heterocycles. The van der Waals surface area contributed by atoms with Crippen LogP contribution >= 0.6 is 0 Å². The van der Waals surface area contributed by atoms with Crippen molar-refractivity contribution >= 4 is 5.82 Å². The van der Waals surface area contributed by atoms with Crippen LogP contribution in [0.3, 0.4) is 0 Å². The maximum absolute atomic E-state index is 5.31. The van der Waals surface area contributed by atoms with Gasteiger partial charge in [-0.15, -0.1) is 0 Å². The molecular weight excluding hydrogens is 242 g/mol. The Labute approximate surface area is 112 Å². The predicted octanol–water partition coefficient (Wildman–Crippen LogP) is 2.07. The summed E-state index contributed by atoms with van der Waals surface area (Å²) in [5.74, 6) is 2.66. The summed E-state index contributed by atoms with van der Waals surface area (Å²) in [6, 6.07) is 5.85. The van der Waals surface area contributed by atoms with Crippen molar-refractivity contribution in [1.82, 2.24) is 9.78 Å². The standard InChI is InChI=1S/C14H17N3O2/c1-17-14-12(4-5-15-14)13(16-17)9-6-10(18-2)8-11(7-9)19-3/h6-8,15H,4-5H2,1-3H3. The molecule has 0 spiro atoms. The monoisotopic (exact) mass is 259 g/mol. The van der Waals surface area contributed by atoms with Crippen molar-refractivity contribution in [3.8, 4) is 22.8 Å². The zero-order valence-electron chi connectivity index (χ0n) is 11.4. The number of methoxy groups -OCH3 is 2. The lowest BCUT2D eigenvalue weighted by molar-refractivity contribution is 0.394. The van der Waals surface area contributed by atoms with E-state index in [1.165, 1.54) is 5.56 Å². The minimum Gasteiger partial charge on any atom is -0.497 e. The number of aryl methyl sites for hydroxylation is 1. The van der Waals surface area contributed by atoms with E-state index in [1.807, 2.05) is 29.9 Å². The van der Waals surface area contributed by atoms with Crippen molar-refractivity contribution in [2.24, 2.45) is 7.05 Å². The van der Waals surface area contributed by atoms with Gasteiger partial charge in [0.25, 0.3) is 0 Å². The highest BCUT2D eigenvalue weighted by Gasteiger charge is 2.22. The topological polar surface area (TPSA) is 48.3 Å². The van der Waals surface area contributed by atoms with E-state index in [2.05, 4.69) is 10.4 Å². The fourth-order valence-electron chi connectivity index (χ4n) is 2.51. The molecule has 0 saturated carbocycles. The van der Waals surface area contributed by atoms with Crippen molar-refractivity contribution in [2.75, 3.05) is 26.1 Å².